The lowest BCUT2D eigenvalue weighted by Crippen LogP contribution is -2.17. The molecule has 0 saturated heterocycles. The number of methoxy groups -OCH3 is 2. The van der Waals surface area contributed by atoms with Gasteiger partial charge in [-0.2, -0.15) is 0 Å². The van der Waals surface area contributed by atoms with Gasteiger partial charge >= 0.3 is 5.63 Å². The monoisotopic (exact) mass is 303 g/mol. The summed E-state index contributed by atoms with van der Waals surface area (Å²) in [5.74, 6) is 1.00. The Morgan fingerprint density at radius 1 is 1.09 bits per heavy atom. The van der Waals surface area contributed by atoms with Crippen LogP contribution in [0.5, 0.6) is 11.5 Å². The second-order valence-corrected chi connectivity index (χ2v) is 4.70. The lowest BCUT2D eigenvalue weighted by molar-refractivity contribution is 0.102. The molecule has 0 aliphatic carbocycles. The molecule has 116 valence electrons. The Bertz CT molecular complexity index is 737. The SMILES string of the molecule is COc1ccc(NC(=O)c2c(C)cc(=O)oc2C)cc1OC. The molecule has 1 heterocycles. The highest BCUT2D eigenvalue weighted by atomic mass is 16.5. The molecule has 1 N–H and O–H groups in total. The molecule has 6 heteroatoms. The highest BCUT2D eigenvalue weighted by Gasteiger charge is 2.16. The topological polar surface area (TPSA) is 77.8 Å². The minimum absolute atomic E-state index is 0.281. The molecule has 2 aromatic rings. The molecule has 2 rings (SSSR count). The average Bonchev–Trinajstić information content (AvgIpc) is 2.45. The van der Waals surface area contributed by atoms with E-state index < -0.39 is 5.63 Å². The van der Waals surface area contributed by atoms with Crippen molar-refractivity contribution in [3.8, 4) is 11.5 Å². The van der Waals surface area contributed by atoms with Crippen LogP contribution >= 0.6 is 0 Å². The summed E-state index contributed by atoms with van der Waals surface area (Å²) in [5.41, 5.74) is 0.978. The fourth-order valence-electron chi connectivity index (χ4n) is 2.20. The predicted molar refractivity (Wildman–Crippen MR) is 82.0 cm³/mol. The van der Waals surface area contributed by atoms with Gasteiger partial charge in [-0.25, -0.2) is 4.79 Å². The van der Waals surface area contributed by atoms with E-state index in [1.165, 1.54) is 20.3 Å². The van der Waals surface area contributed by atoms with E-state index in [-0.39, 0.29) is 11.7 Å². The van der Waals surface area contributed by atoms with Crippen LogP contribution in [0.4, 0.5) is 5.69 Å². The summed E-state index contributed by atoms with van der Waals surface area (Å²) in [6.07, 6.45) is 0. The van der Waals surface area contributed by atoms with Gasteiger partial charge in [-0.05, 0) is 31.5 Å². The molecule has 1 amide bonds. The number of anilines is 1. The van der Waals surface area contributed by atoms with Crippen LogP contribution < -0.4 is 20.4 Å². The van der Waals surface area contributed by atoms with Gasteiger partial charge < -0.3 is 19.2 Å². The van der Waals surface area contributed by atoms with Gasteiger partial charge in [0.15, 0.2) is 11.5 Å². The van der Waals surface area contributed by atoms with Gasteiger partial charge in [-0.15, -0.1) is 0 Å². The first-order valence-corrected chi connectivity index (χ1v) is 6.61. The van der Waals surface area contributed by atoms with Crippen molar-refractivity contribution in [3.05, 3.63) is 51.6 Å². The molecule has 0 saturated carbocycles. The lowest BCUT2D eigenvalue weighted by Gasteiger charge is -2.12. The highest BCUT2D eigenvalue weighted by molar-refractivity contribution is 6.05. The lowest BCUT2D eigenvalue weighted by atomic mass is 10.1. The van der Waals surface area contributed by atoms with Crippen molar-refractivity contribution in [3.63, 3.8) is 0 Å². The number of aryl methyl sites for hydroxylation is 2. The van der Waals surface area contributed by atoms with Gasteiger partial charge in [0.05, 0.1) is 19.8 Å². The maximum atomic E-state index is 12.4. The third-order valence-corrected chi connectivity index (χ3v) is 3.20. The van der Waals surface area contributed by atoms with Crippen LogP contribution in [0.15, 0.2) is 33.5 Å². The van der Waals surface area contributed by atoms with Crippen LogP contribution in [0.3, 0.4) is 0 Å². The molecule has 1 aromatic carbocycles. The maximum absolute atomic E-state index is 12.4. The van der Waals surface area contributed by atoms with Crippen molar-refractivity contribution in [1.29, 1.82) is 0 Å². The Kier molecular flexibility index (Phi) is 4.50. The Balaban J connectivity index is 2.32. The number of hydrogen-bond donors (Lipinski definition) is 1. The summed E-state index contributed by atoms with van der Waals surface area (Å²) in [7, 11) is 3.05. The Hall–Kier alpha value is -2.76. The maximum Gasteiger partial charge on any atom is 0.336 e. The first-order chi connectivity index (χ1) is 10.5. The molecule has 0 aliphatic heterocycles. The molecule has 0 spiro atoms. The molecular formula is C16H17NO5. The third-order valence-electron chi connectivity index (χ3n) is 3.20. The fourth-order valence-corrected chi connectivity index (χ4v) is 2.20. The normalized spacial score (nSPS) is 10.2. The van der Waals surface area contributed by atoms with Crippen LogP contribution in [-0.4, -0.2) is 20.1 Å². The van der Waals surface area contributed by atoms with Gasteiger partial charge in [0.25, 0.3) is 5.91 Å². The number of rotatable bonds is 4. The zero-order valence-corrected chi connectivity index (χ0v) is 12.9. The number of ether oxygens (including phenoxy) is 2. The summed E-state index contributed by atoms with van der Waals surface area (Å²) < 4.78 is 15.3. The summed E-state index contributed by atoms with van der Waals surface area (Å²) >= 11 is 0. The van der Waals surface area contributed by atoms with E-state index in [4.69, 9.17) is 13.9 Å². The third kappa shape index (κ3) is 3.11. The molecule has 0 bridgehead atoms. The first-order valence-electron chi connectivity index (χ1n) is 6.61. The van der Waals surface area contributed by atoms with Crippen molar-refractivity contribution in [2.24, 2.45) is 0 Å². The van der Waals surface area contributed by atoms with Crippen LogP contribution in [0.25, 0.3) is 0 Å². The molecule has 6 nitrogen and oxygen atoms in total. The zero-order valence-electron chi connectivity index (χ0n) is 12.9. The average molecular weight is 303 g/mol. The number of hydrogen-bond acceptors (Lipinski definition) is 5. The van der Waals surface area contributed by atoms with Gasteiger partial charge in [0, 0.05) is 17.8 Å². The highest BCUT2D eigenvalue weighted by Crippen LogP contribution is 2.30. The second-order valence-electron chi connectivity index (χ2n) is 4.70. The molecule has 1 aromatic heterocycles. The fraction of sp³-hybridized carbons (Fsp3) is 0.250. The summed E-state index contributed by atoms with van der Waals surface area (Å²) in [5, 5.41) is 2.75. The van der Waals surface area contributed by atoms with E-state index in [2.05, 4.69) is 5.32 Å². The van der Waals surface area contributed by atoms with E-state index in [1.807, 2.05) is 0 Å². The number of amides is 1. The first kappa shape index (κ1) is 15.6. The van der Waals surface area contributed by atoms with E-state index in [0.717, 1.165) is 0 Å². The Morgan fingerprint density at radius 2 is 1.77 bits per heavy atom. The minimum atomic E-state index is -0.474. The van der Waals surface area contributed by atoms with Crippen molar-refractivity contribution in [2.75, 3.05) is 19.5 Å². The summed E-state index contributed by atoms with van der Waals surface area (Å²) in [6, 6.07) is 6.33. The van der Waals surface area contributed by atoms with E-state index in [0.29, 0.717) is 28.3 Å². The zero-order chi connectivity index (χ0) is 16.3. The van der Waals surface area contributed by atoms with Crippen LogP contribution in [0.2, 0.25) is 0 Å². The van der Waals surface area contributed by atoms with Crippen molar-refractivity contribution in [1.82, 2.24) is 0 Å². The summed E-state index contributed by atoms with van der Waals surface area (Å²) in [6.45, 7) is 3.27. The quantitative estimate of drug-likeness (QED) is 0.939. The van der Waals surface area contributed by atoms with Gasteiger partial charge in [-0.3, -0.25) is 4.79 Å². The van der Waals surface area contributed by atoms with E-state index in [1.54, 1.807) is 32.0 Å². The van der Waals surface area contributed by atoms with Crippen molar-refractivity contribution < 1.29 is 18.7 Å². The van der Waals surface area contributed by atoms with Gasteiger partial charge in [0.2, 0.25) is 0 Å². The largest absolute Gasteiger partial charge is 0.493 e. The number of benzene rings is 1. The Labute approximate surface area is 127 Å². The molecule has 22 heavy (non-hydrogen) atoms. The van der Waals surface area contributed by atoms with Gasteiger partial charge in [0.1, 0.15) is 5.76 Å². The molecule has 0 aliphatic rings. The van der Waals surface area contributed by atoms with E-state index >= 15 is 0 Å². The van der Waals surface area contributed by atoms with Crippen molar-refractivity contribution in [2.45, 2.75) is 13.8 Å². The predicted octanol–water partition coefficient (Wildman–Crippen LogP) is 2.53. The molecule has 0 unspecified atom stereocenters. The molecule has 0 fully saturated rings. The smallest absolute Gasteiger partial charge is 0.336 e. The second kappa shape index (κ2) is 6.34. The minimum Gasteiger partial charge on any atom is -0.493 e. The summed E-state index contributed by atoms with van der Waals surface area (Å²) in [4.78, 5) is 23.6. The van der Waals surface area contributed by atoms with Gasteiger partial charge in [-0.1, -0.05) is 0 Å². The number of carbonyl (C=O) groups is 1. The standard InChI is InChI=1S/C16H17NO5/c1-9-7-14(18)22-10(2)15(9)16(19)17-11-5-6-12(20-3)13(8-11)21-4/h5-8H,1-4H3,(H,17,19). The molecule has 0 radical (unpaired) electrons. The number of carbonyl (C=O) groups excluding carboxylic acids is 1. The molecule has 0 atom stereocenters. The molecular weight excluding hydrogens is 286 g/mol. The van der Waals surface area contributed by atoms with E-state index in [9.17, 15) is 9.59 Å². The van der Waals surface area contributed by atoms with Crippen LogP contribution in [-0.2, 0) is 0 Å². The van der Waals surface area contributed by atoms with Crippen LogP contribution in [0.1, 0.15) is 21.7 Å². The van der Waals surface area contributed by atoms with Crippen LogP contribution in [0, 0.1) is 13.8 Å². The number of nitrogens with one attached hydrogen (secondary N) is 1. The Morgan fingerprint density at radius 3 is 2.36 bits per heavy atom. The van der Waals surface area contributed by atoms with Crippen molar-refractivity contribution >= 4 is 11.6 Å².